The number of halogens is 2. The van der Waals surface area contributed by atoms with Crippen molar-refractivity contribution < 1.29 is 4.79 Å². The van der Waals surface area contributed by atoms with Gasteiger partial charge in [0.25, 0.3) is 11.9 Å². The average molecular weight is 376 g/mol. The standard InChI is InChI=1S/C17H15Cl2N5O/c1-9-6-10(2)21-17(20-9)24-15(7-11(3)23-24)22-16(25)13-5-4-12(18)8-14(13)19/h4-8H,1-3H3,(H,22,25). The number of anilines is 1. The number of nitrogens with zero attached hydrogens (tertiary/aromatic N) is 4. The van der Waals surface area contributed by atoms with Gasteiger partial charge in [0.05, 0.1) is 16.3 Å². The van der Waals surface area contributed by atoms with E-state index in [9.17, 15) is 4.79 Å². The summed E-state index contributed by atoms with van der Waals surface area (Å²) in [6, 6.07) is 8.31. The molecule has 0 saturated heterocycles. The summed E-state index contributed by atoms with van der Waals surface area (Å²) < 4.78 is 1.50. The van der Waals surface area contributed by atoms with Gasteiger partial charge in [-0.15, -0.1) is 0 Å². The van der Waals surface area contributed by atoms with Gasteiger partial charge in [-0.25, -0.2) is 9.97 Å². The zero-order chi connectivity index (χ0) is 18.1. The lowest BCUT2D eigenvalue weighted by Crippen LogP contribution is -2.17. The molecular weight excluding hydrogens is 361 g/mol. The molecule has 1 aromatic carbocycles. The van der Waals surface area contributed by atoms with Crippen molar-refractivity contribution >= 4 is 34.9 Å². The van der Waals surface area contributed by atoms with Crippen molar-refractivity contribution in [2.45, 2.75) is 20.8 Å². The van der Waals surface area contributed by atoms with Crippen LogP contribution >= 0.6 is 23.2 Å². The fourth-order valence-electron chi connectivity index (χ4n) is 2.40. The minimum atomic E-state index is -0.368. The van der Waals surface area contributed by atoms with E-state index in [2.05, 4.69) is 20.4 Å². The first kappa shape index (κ1) is 17.4. The van der Waals surface area contributed by atoms with E-state index in [-0.39, 0.29) is 10.9 Å². The molecule has 0 unspecified atom stereocenters. The van der Waals surface area contributed by atoms with E-state index in [1.165, 1.54) is 10.7 Å². The van der Waals surface area contributed by atoms with Crippen molar-refractivity contribution in [2.24, 2.45) is 0 Å². The summed E-state index contributed by atoms with van der Waals surface area (Å²) in [4.78, 5) is 21.3. The van der Waals surface area contributed by atoms with Gasteiger partial charge in [0, 0.05) is 22.5 Å². The third-order valence-electron chi connectivity index (χ3n) is 3.41. The maximum Gasteiger partial charge on any atom is 0.258 e. The lowest BCUT2D eigenvalue weighted by Gasteiger charge is -2.09. The number of hydrogen-bond acceptors (Lipinski definition) is 4. The van der Waals surface area contributed by atoms with Gasteiger partial charge >= 0.3 is 0 Å². The molecule has 3 aromatic rings. The topological polar surface area (TPSA) is 72.7 Å². The molecule has 1 N–H and O–H groups in total. The van der Waals surface area contributed by atoms with Crippen molar-refractivity contribution in [2.75, 3.05) is 5.32 Å². The van der Waals surface area contributed by atoms with Crippen LogP contribution in [0, 0.1) is 20.8 Å². The molecule has 0 spiro atoms. The summed E-state index contributed by atoms with van der Waals surface area (Å²) >= 11 is 12.0. The largest absolute Gasteiger partial charge is 0.306 e. The first-order chi connectivity index (χ1) is 11.8. The highest BCUT2D eigenvalue weighted by Crippen LogP contribution is 2.23. The smallest absolute Gasteiger partial charge is 0.258 e. The molecule has 128 valence electrons. The van der Waals surface area contributed by atoms with E-state index in [0.717, 1.165) is 17.1 Å². The Morgan fingerprint density at radius 2 is 1.68 bits per heavy atom. The minimum absolute atomic E-state index is 0.274. The van der Waals surface area contributed by atoms with Gasteiger partial charge in [-0.1, -0.05) is 23.2 Å². The summed E-state index contributed by atoms with van der Waals surface area (Å²) in [5, 5.41) is 7.91. The second-order valence-electron chi connectivity index (χ2n) is 5.61. The molecule has 8 heteroatoms. The van der Waals surface area contributed by atoms with Crippen LogP contribution < -0.4 is 5.32 Å². The van der Waals surface area contributed by atoms with Gasteiger partial charge in [0.1, 0.15) is 5.82 Å². The number of rotatable bonds is 3. The van der Waals surface area contributed by atoms with Crippen molar-refractivity contribution in [3.8, 4) is 5.95 Å². The summed E-state index contributed by atoms with van der Waals surface area (Å²) in [5.41, 5.74) is 2.67. The fourth-order valence-corrected chi connectivity index (χ4v) is 2.89. The summed E-state index contributed by atoms with van der Waals surface area (Å²) in [6.07, 6.45) is 0. The Hall–Kier alpha value is -2.44. The lowest BCUT2D eigenvalue weighted by atomic mass is 10.2. The van der Waals surface area contributed by atoms with E-state index in [1.54, 1.807) is 18.2 Å². The van der Waals surface area contributed by atoms with Crippen LogP contribution in [-0.2, 0) is 0 Å². The van der Waals surface area contributed by atoms with Gasteiger partial charge in [-0.3, -0.25) is 4.79 Å². The molecule has 0 aliphatic rings. The SMILES string of the molecule is Cc1cc(C)nc(-n2nc(C)cc2NC(=O)c2ccc(Cl)cc2Cl)n1. The van der Waals surface area contributed by atoms with Crippen molar-refractivity contribution in [1.82, 2.24) is 19.7 Å². The molecule has 0 atom stereocenters. The average Bonchev–Trinajstić information content (AvgIpc) is 2.86. The zero-order valence-electron chi connectivity index (χ0n) is 13.8. The Labute approximate surface area is 154 Å². The van der Waals surface area contributed by atoms with Crippen LogP contribution in [0.2, 0.25) is 10.0 Å². The molecule has 0 saturated carbocycles. The Balaban J connectivity index is 1.97. The van der Waals surface area contributed by atoms with Crippen molar-refractivity contribution in [1.29, 1.82) is 0 Å². The van der Waals surface area contributed by atoms with Crippen LogP contribution in [0.5, 0.6) is 0 Å². The van der Waals surface area contributed by atoms with E-state index in [4.69, 9.17) is 23.2 Å². The molecule has 6 nitrogen and oxygen atoms in total. The molecule has 0 radical (unpaired) electrons. The number of benzene rings is 1. The molecule has 0 bridgehead atoms. The van der Waals surface area contributed by atoms with Gasteiger partial charge in [0.2, 0.25) is 0 Å². The van der Waals surface area contributed by atoms with Gasteiger partial charge in [-0.05, 0) is 45.0 Å². The van der Waals surface area contributed by atoms with Crippen LogP contribution in [0.15, 0.2) is 30.3 Å². The van der Waals surface area contributed by atoms with E-state index < -0.39 is 0 Å². The Kier molecular flexibility index (Phi) is 4.74. The molecule has 3 rings (SSSR count). The number of nitrogens with one attached hydrogen (secondary N) is 1. The van der Waals surface area contributed by atoms with Crippen molar-refractivity contribution in [3.05, 3.63) is 63.0 Å². The molecule has 0 fully saturated rings. The molecule has 2 aromatic heterocycles. The normalized spacial score (nSPS) is 10.8. The number of amides is 1. The van der Waals surface area contributed by atoms with Gasteiger partial charge < -0.3 is 5.32 Å². The minimum Gasteiger partial charge on any atom is -0.306 e. The predicted octanol–water partition coefficient (Wildman–Crippen LogP) is 4.15. The third kappa shape index (κ3) is 3.81. The monoisotopic (exact) mass is 375 g/mol. The Morgan fingerprint density at radius 3 is 2.32 bits per heavy atom. The van der Waals surface area contributed by atoms with Crippen LogP contribution in [-0.4, -0.2) is 25.7 Å². The molecule has 25 heavy (non-hydrogen) atoms. The first-order valence-electron chi connectivity index (χ1n) is 7.49. The summed E-state index contributed by atoms with van der Waals surface area (Å²) in [5.74, 6) is 0.480. The predicted molar refractivity (Wildman–Crippen MR) is 97.8 cm³/mol. The number of hydrogen-bond donors (Lipinski definition) is 1. The molecular formula is C17H15Cl2N5O. The lowest BCUT2D eigenvalue weighted by molar-refractivity contribution is 0.102. The Morgan fingerprint density at radius 1 is 1.00 bits per heavy atom. The number of carbonyl (C=O) groups is 1. The molecule has 0 aliphatic heterocycles. The maximum atomic E-state index is 12.6. The van der Waals surface area contributed by atoms with E-state index in [1.807, 2.05) is 26.8 Å². The third-order valence-corrected chi connectivity index (χ3v) is 3.96. The highest BCUT2D eigenvalue weighted by atomic mass is 35.5. The van der Waals surface area contributed by atoms with Crippen LogP contribution in [0.3, 0.4) is 0 Å². The first-order valence-corrected chi connectivity index (χ1v) is 8.25. The maximum absolute atomic E-state index is 12.6. The second-order valence-corrected chi connectivity index (χ2v) is 6.46. The highest BCUT2D eigenvalue weighted by molar-refractivity contribution is 6.37. The second kappa shape index (κ2) is 6.82. The molecule has 0 aliphatic carbocycles. The summed E-state index contributed by atoms with van der Waals surface area (Å²) in [7, 11) is 0. The summed E-state index contributed by atoms with van der Waals surface area (Å²) in [6.45, 7) is 5.57. The number of aryl methyl sites for hydroxylation is 3. The van der Waals surface area contributed by atoms with E-state index >= 15 is 0 Å². The van der Waals surface area contributed by atoms with Gasteiger partial charge in [0.15, 0.2) is 0 Å². The number of carbonyl (C=O) groups excluding carboxylic acids is 1. The number of aromatic nitrogens is 4. The molecule has 2 heterocycles. The fraction of sp³-hybridized carbons (Fsp3) is 0.176. The van der Waals surface area contributed by atoms with Crippen molar-refractivity contribution in [3.63, 3.8) is 0 Å². The Bertz CT molecular complexity index is 947. The highest BCUT2D eigenvalue weighted by Gasteiger charge is 2.16. The van der Waals surface area contributed by atoms with Crippen LogP contribution in [0.4, 0.5) is 5.82 Å². The van der Waals surface area contributed by atoms with Crippen LogP contribution in [0.1, 0.15) is 27.4 Å². The zero-order valence-corrected chi connectivity index (χ0v) is 15.4. The molecule has 1 amide bonds. The van der Waals surface area contributed by atoms with E-state index in [0.29, 0.717) is 22.4 Å². The van der Waals surface area contributed by atoms with Crippen LogP contribution in [0.25, 0.3) is 5.95 Å². The quantitative estimate of drug-likeness (QED) is 0.746. The van der Waals surface area contributed by atoms with Gasteiger partial charge in [-0.2, -0.15) is 9.78 Å².